The molecule has 1 aliphatic rings. The van der Waals surface area contributed by atoms with Crippen LogP contribution in [-0.4, -0.2) is 33.0 Å². The van der Waals surface area contributed by atoms with Gasteiger partial charge in [0.1, 0.15) is 4.90 Å². The lowest BCUT2D eigenvalue weighted by molar-refractivity contribution is 0.421. The van der Waals surface area contributed by atoms with Gasteiger partial charge in [-0.1, -0.05) is 18.6 Å². The van der Waals surface area contributed by atoms with Crippen LogP contribution in [0.1, 0.15) is 25.7 Å². The topological polar surface area (TPSA) is 58.2 Å². The summed E-state index contributed by atoms with van der Waals surface area (Å²) in [6.45, 7) is 0. The number of rotatable bonds is 5. The van der Waals surface area contributed by atoms with Gasteiger partial charge >= 0.3 is 0 Å². The first kappa shape index (κ1) is 15.7. The molecule has 6 heteroatoms. The summed E-state index contributed by atoms with van der Waals surface area (Å²) in [5.41, 5.74) is 0.636. The molecule has 20 heavy (non-hydrogen) atoms. The summed E-state index contributed by atoms with van der Waals surface area (Å²) >= 11 is 1.83. The molecule has 1 aliphatic carbocycles. The molecule has 4 nitrogen and oxygen atoms in total. The van der Waals surface area contributed by atoms with Crippen LogP contribution >= 0.6 is 11.8 Å². The molecule has 1 fully saturated rings. The molecule has 1 saturated carbocycles. The summed E-state index contributed by atoms with van der Waals surface area (Å²) in [5.74, 6) is 0. The number of sulfonamides is 1. The zero-order valence-electron chi connectivity index (χ0n) is 11.9. The van der Waals surface area contributed by atoms with Gasteiger partial charge in [-0.2, -0.15) is 11.8 Å². The molecule has 0 heterocycles. The zero-order chi connectivity index (χ0) is 14.6. The fraction of sp³-hybridized carbons (Fsp3) is 0.571. The minimum absolute atomic E-state index is 0.0520. The van der Waals surface area contributed by atoms with Gasteiger partial charge in [-0.25, -0.2) is 13.1 Å². The van der Waals surface area contributed by atoms with E-state index in [0.29, 0.717) is 15.8 Å². The van der Waals surface area contributed by atoms with Crippen LogP contribution in [0.25, 0.3) is 0 Å². The van der Waals surface area contributed by atoms with E-state index >= 15 is 0 Å². The highest BCUT2D eigenvalue weighted by Crippen LogP contribution is 2.28. The van der Waals surface area contributed by atoms with E-state index in [4.69, 9.17) is 0 Å². The molecular weight excluding hydrogens is 292 g/mol. The van der Waals surface area contributed by atoms with E-state index in [2.05, 4.69) is 16.3 Å². The fourth-order valence-corrected chi connectivity index (χ4v) is 4.98. The van der Waals surface area contributed by atoms with Crippen molar-refractivity contribution >= 4 is 27.5 Å². The lowest BCUT2D eigenvalue weighted by atomic mass is 9.96. The Labute approximate surface area is 125 Å². The van der Waals surface area contributed by atoms with Crippen molar-refractivity contribution in [1.29, 1.82) is 0 Å². The largest absolute Gasteiger partial charge is 0.387 e. The van der Waals surface area contributed by atoms with Gasteiger partial charge in [0.25, 0.3) is 0 Å². The molecule has 0 spiro atoms. The van der Waals surface area contributed by atoms with Crippen molar-refractivity contribution in [2.75, 3.05) is 18.6 Å². The molecule has 0 amide bonds. The van der Waals surface area contributed by atoms with Crippen molar-refractivity contribution in [3.8, 4) is 0 Å². The number of benzene rings is 1. The third-order valence-electron chi connectivity index (χ3n) is 3.73. The highest BCUT2D eigenvalue weighted by molar-refractivity contribution is 7.99. The van der Waals surface area contributed by atoms with E-state index in [-0.39, 0.29) is 6.04 Å². The van der Waals surface area contributed by atoms with Crippen LogP contribution in [-0.2, 0) is 10.0 Å². The Morgan fingerprint density at radius 3 is 2.70 bits per heavy atom. The maximum Gasteiger partial charge on any atom is 0.242 e. The Kier molecular flexibility index (Phi) is 5.35. The van der Waals surface area contributed by atoms with E-state index in [9.17, 15) is 8.42 Å². The van der Waals surface area contributed by atoms with Gasteiger partial charge in [-0.05, 0) is 37.7 Å². The third kappa shape index (κ3) is 3.68. The standard InChI is InChI=1S/C14H22N2O2S2/c1-15-13-8-3-4-9-14(13)20(17,18)16-11-6-5-7-12(10-11)19-2/h3-4,8-9,11-12,15-16H,5-7,10H2,1-2H3. The maximum atomic E-state index is 12.5. The number of nitrogens with one attached hydrogen (secondary N) is 2. The van der Waals surface area contributed by atoms with Crippen molar-refractivity contribution in [2.24, 2.45) is 0 Å². The SMILES string of the molecule is CNc1ccccc1S(=O)(=O)NC1CCCC(SC)C1. The Balaban J connectivity index is 2.14. The molecule has 2 unspecified atom stereocenters. The summed E-state index contributed by atoms with van der Waals surface area (Å²) in [6, 6.07) is 7.05. The quantitative estimate of drug-likeness (QED) is 0.877. The maximum absolute atomic E-state index is 12.5. The highest BCUT2D eigenvalue weighted by atomic mass is 32.2. The van der Waals surface area contributed by atoms with Crippen LogP contribution in [0, 0.1) is 0 Å². The normalized spacial score (nSPS) is 23.5. The summed E-state index contributed by atoms with van der Waals surface area (Å²) in [4.78, 5) is 0.328. The lowest BCUT2D eigenvalue weighted by Crippen LogP contribution is -2.39. The second kappa shape index (κ2) is 6.83. The molecule has 1 aromatic carbocycles. The monoisotopic (exact) mass is 314 g/mol. The van der Waals surface area contributed by atoms with E-state index in [0.717, 1.165) is 19.3 Å². The molecule has 0 aromatic heterocycles. The van der Waals surface area contributed by atoms with Gasteiger partial charge in [0.2, 0.25) is 10.0 Å². The van der Waals surface area contributed by atoms with Crippen LogP contribution in [0.4, 0.5) is 5.69 Å². The van der Waals surface area contributed by atoms with Gasteiger partial charge in [0.05, 0.1) is 5.69 Å². The molecular formula is C14H22N2O2S2. The summed E-state index contributed by atoms with van der Waals surface area (Å²) in [5, 5.41) is 3.50. The summed E-state index contributed by atoms with van der Waals surface area (Å²) < 4.78 is 27.9. The number of anilines is 1. The first-order valence-corrected chi connectivity index (χ1v) is 9.66. The minimum Gasteiger partial charge on any atom is -0.387 e. The van der Waals surface area contributed by atoms with Crippen molar-refractivity contribution in [2.45, 2.75) is 41.9 Å². The Bertz CT molecular complexity index is 546. The van der Waals surface area contributed by atoms with Gasteiger partial charge in [0, 0.05) is 18.3 Å². The number of thioether (sulfide) groups is 1. The van der Waals surface area contributed by atoms with Crippen LogP contribution in [0.5, 0.6) is 0 Å². The van der Waals surface area contributed by atoms with E-state index < -0.39 is 10.0 Å². The number of para-hydroxylation sites is 1. The van der Waals surface area contributed by atoms with Crippen molar-refractivity contribution in [3.63, 3.8) is 0 Å². The van der Waals surface area contributed by atoms with Crippen LogP contribution in [0.15, 0.2) is 29.2 Å². The molecule has 2 N–H and O–H groups in total. The third-order valence-corrected chi connectivity index (χ3v) is 6.40. The van der Waals surface area contributed by atoms with Crippen LogP contribution in [0.2, 0.25) is 0 Å². The second-order valence-corrected chi connectivity index (χ2v) is 7.91. The van der Waals surface area contributed by atoms with Crippen LogP contribution < -0.4 is 10.0 Å². The average Bonchev–Trinajstić information content (AvgIpc) is 2.47. The predicted molar refractivity (Wildman–Crippen MR) is 85.9 cm³/mol. The van der Waals surface area contributed by atoms with Crippen LogP contribution in [0.3, 0.4) is 0 Å². The van der Waals surface area contributed by atoms with E-state index in [1.54, 1.807) is 25.2 Å². The van der Waals surface area contributed by atoms with E-state index in [1.807, 2.05) is 17.8 Å². The molecule has 2 atom stereocenters. The average molecular weight is 314 g/mol. The number of hydrogen-bond donors (Lipinski definition) is 2. The highest BCUT2D eigenvalue weighted by Gasteiger charge is 2.27. The molecule has 1 aromatic rings. The molecule has 112 valence electrons. The molecule has 0 radical (unpaired) electrons. The molecule has 2 rings (SSSR count). The molecule has 0 bridgehead atoms. The second-order valence-electron chi connectivity index (χ2n) is 5.09. The van der Waals surface area contributed by atoms with Crippen molar-refractivity contribution in [1.82, 2.24) is 4.72 Å². The molecule has 0 saturated heterocycles. The molecule has 0 aliphatic heterocycles. The lowest BCUT2D eigenvalue weighted by Gasteiger charge is -2.28. The van der Waals surface area contributed by atoms with Crippen molar-refractivity contribution < 1.29 is 8.42 Å². The van der Waals surface area contributed by atoms with Gasteiger partial charge < -0.3 is 5.32 Å². The first-order valence-electron chi connectivity index (χ1n) is 6.88. The Hall–Kier alpha value is -0.720. The van der Waals surface area contributed by atoms with Crippen molar-refractivity contribution in [3.05, 3.63) is 24.3 Å². The minimum atomic E-state index is -3.46. The van der Waals surface area contributed by atoms with Gasteiger partial charge in [-0.3, -0.25) is 0 Å². The smallest absolute Gasteiger partial charge is 0.242 e. The summed E-state index contributed by atoms with van der Waals surface area (Å²) in [6.07, 6.45) is 6.22. The summed E-state index contributed by atoms with van der Waals surface area (Å²) in [7, 11) is -1.72. The zero-order valence-corrected chi connectivity index (χ0v) is 13.6. The predicted octanol–water partition coefficient (Wildman–Crippen LogP) is 2.68. The first-order chi connectivity index (χ1) is 9.56. The number of hydrogen-bond acceptors (Lipinski definition) is 4. The van der Waals surface area contributed by atoms with Gasteiger partial charge in [0.15, 0.2) is 0 Å². The van der Waals surface area contributed by atoms with E-state index in [1.165, 1.54) is 6.42 Å². The Morgan fingerprint density at radius 1 is 1.25 bits per heavy atom. The Morgan fingerprint density at radius 2 is 2.00 bits per heavy atom. The van der Waals surface area contributed by atoms with Gasteiger partial charge in [-0.15, -0.1) is 0 Å². The fourth-order valence-electron chi connectivity index (χ4n) is 2.66.